The monoisotopic (exact) mass is 622 g/mol. The Morgan fingerprint density at radius 1 is 0.868 bits per heavy atom. The SMILES string of the molecule is CC(C)=CC(=O)C(F)(F)F.COc1[c-]cccc1.COc1ccccc1C(C)(C)CC(=O)C(F)(F)F.[Br-].[Mg+2]. The summed E-state index contributed by atoms with van der Waals surface area (Å²) >= 11 is 0. The summed E-state index contributed by atoms with van der Waals surface area (Å²) in [6.45, 7) is 6.05. The second kappa shape index (κ2) is 18.3. The fourth-order valence-corrected chi connectivity index (χ4v) is 2.65. The average molecular weight is 624 g/mol. The van der Waals surface area contributed by atoms with Crippen LogP contribution in [0.3, 0.4) is 0 Å². The molecule has 2 aromatic carbocycles. The number of halogens is 7. The van der Waals surface area contributed by atoms with Crippen LogP contribution in [0.15, 0.2) is 60.2 Å². The third kappa shape index (κ3) is 16.0. The molecule has 2 rings (SSSR count). The van der Waals surface area contributed by atoms with Gasteiger partial charge in [-0.05, 0) is 26.0 Å². The molecular formula is C26H29BrF6MgO4. The number of ketones is 2. The maximum Gasteiger partial charge on any atom is 2.00 e. The van der Waals surface area contributed by atoms with E-state index in [1.54, 1.807) is 45.2 Å². The van der Waals surface area contributed by atoms with Gasteiger partial charge in [-0.2, -0.15) is 44.5 Å². The van der Waals surface area contributed by atoms with E-state index in [2.05, 4.69) is 6.07 Å². The smallest absolute Gasteiger partial charge is 1.00 e. The summed E-state index contributed by atoms with van der Waals surface area (Å²) in [4.78, 5) is 21.2. The molecule has 38 heavy (non-hydrogen) atoms. The molecule has 0 N–H and O–H groups in total. The van der Waals surface area contributed by atoms with Crippen LogP contribution in [0.25, 0.3) is 0 Å². The first-order valence-electron chi connectivity index (χ1n) is 10.5. The van der Waals surface area contributed by atoms with Crippen LogP contribution in [0.5, 0.6) is 11.5 Å². The fraction of sp³-hybridized carbons (Fsp3) is 0.385. The number of ether oxygens (including phenoxy) is 2. The second-order valence-corrected chi connectivity index (χ2v) is 8.20. The predicted octanol–water partition coefficient (Wildman–Crippen LogP) is 3.70. The number of hydrogen-bond donors (Lipinski definition) is 0. The van der Waals surface area contributed by atoms with E-state index in [0.29, 0.717) is 23.0 Å². The first kappa shape index (κ1) is 40.4. The maximum absolute atomic E-state index is 12.3. The molecule has 0 aliphatic heterocycles. The van der Waals surface area contributed by atoms with E-state index in [0.717, 1.165) is 5.75 Å². The van der Waals surface area contributed by atoms with Gasteiger partial charge in [0.2, 0.25) is 5.78 Å². The van der Waals surface area contributed by atoms with Crippen LogP contribution < -0.4 is 26.5 Å². The molecule has 0 fully saturated rings. The van der Waals surface area contributed by atoms with E-state index in [1.165, 1.54) is 21.0 Å². The quantitative estimate of drug-likeness (QED) is 0.213. The van der Waals surface area contributed by atoms with Crippen molar-refractivity contribution in [3.63, 3.8) is 0 Å². The number of methoxy groups -OCH3 is 2. The van der Waals surface area contributed by atoms with E-state index in [1.807, 2.05) is 24.3 Å². The molecule has 4 nitrogen and oxygen atoms in total. The van der Waals surface area contributed by atoms with Crippen LogP contribution in [-0.2, 0) is 15.0 Å². The van der Waals surface area contributed by atoms with Crippen molar-refractivity contribution < 1.29 is 62.4 Å². The molecule has 0 unspecified atom stereocenters. The topological polar surface area (TPSA) is 52.6 Å². The molecule has 0 aromatic heterocycles. The molecule has 0 atom stereocenters. The van der Waals surface area contributed by atoms with Gasteiger partial charge in [-0.3, -0.25) is 9.59 Å². The van der Waals surface area contributed by atoms with Crippen molar-refractivity contribution in [2.75, 3.05) is 14.2 Å². The van der Waals surface area contributed by atoms with E-state index >= 15 is 0 Å². The summed E-state index contributed by atoms with van der Waals surface area (Å²) in [6, 6.07) is 17.2. The van der Waals surface area contributed by atoms with Gasteiger partial charge < -0.3 is 26.5 Å². The number of benzene rings is 2. The third-order valence-electron chi connectivity index (χ3n) is 4.35. The number of carbonyl (C=O) groups excluding carboxylic acids is 2. The van der Waals surface area contributed by atoms with Crippen LogP contribution in [-0.4, -0.2) is 61.2 Å². The van der Waals surface area contributed by atoms with E-state index in [4.69, 9.17) is 9.47 Å². The minimum Gasteiger partial charge on any atom is -1.00 e. The van der Waals surface area contributed by atoms with Gasteiger partial charge in [-0.25, -0.2) is 0 Å². The zero-order chi connectivity index (χ0) is 28.2. The molecule has 0 bridgehead atoms. The molecule has 0 amide bonds. The molecule has 0 saturated heterocycles. The Morgan fingerprint density at radius 2 is 1.39 bits per heavy atom. The van der Waals surface area contributed by atoms with E-state index in [-0.39, 0.29) is 40.0 Å². The Balaban J connectivity index is -0.000000521. The van der Waals surface area contributed by atoms with Crippen LogP contribution in [0, 0.1) is 6.07 Å². The molecular weight excluding hydrogens is 594 g/mol. The number of hydrogen-bond acceptors (Lipinski definition) is 4. The zero-order valence-electron chi connectivity index (χ0n) is 21.9. The van der Waals surface area contributed by atoms with Gasteiger partial charge in [0.15, 0.2) is 0 Å². The Morgan fingerprint density at radius 3 is 1.74 bits per heavy atom. The van der Waals surface area contributed by atoms with Crippen LogP contribution in [0.1, 0.15) is 39.7 Å². The Labute approximate surface area is 245 Å². The van der Waals surface area contributed by atoms with Gasteiger partial charge in [0.1, 0.15) is 5.75 Å². The fourth-order valence-electron chi connectivity index (χ4n) is 2.65. The summed E-state index contributed by atoms with van der Waals surface area (Å²) < 4.78 is 81.1. The Hall–Kier alpha value is -2.05. The van der Waals surface area contributed by atoms with Crippen LogP contribution in [0.4, 0.5) is 26.3 Å². The number of carbonyl (C=O) groups is 2. The zero-order valence-corrected chi connectivity index (χ0v) is 24.9. The summed E-state index contributed by atoms with van der Waals surface area (Å²) in [5.41, 5.74) is 0.00609. The molecule has 0 heterocycles. The van der Waals surface area contributed by atoms with Crippen LogP contribution >= 0.6 is 0 Å². The van der Waals surface area contributed by atoms with Crippen molar-refractivity contribution in [3.8, 4) is 11.5 Å². The maximum atomic E-state index is 12.3. The second-order valence-electron chi connectivity index (χ2n) is 8.20. The summed E-state index contributed by atoms with van der Waals surface area (Å²) in [5, 5.41) is 0. The number of alkyl halides is 6. The van der Waals surface area contributed by atoms with Crippen molar-refractivity contribution in [1.82, 2.24) is 0 Å². The Bertz CT molecular complexity index is 1000. The average Bonchev–Trinajstić information content (AvgIpc) is 2.78. The Kier molecular flexibility index (Phi) is 19.4. The molecule has 0 spiro atoms. The summed E-state index contributed by atoms with van der Waals surface area (Å²) in [6.07, 6.45) is -9.55. The number of rotatable bonds is 6. The van der Waals surface area contributed by atoms with E-state index in [9.17, 15) is 35.9 Å². The minimum atomic E-state index is -4.79. The minimum absolute atomic E-state index is 0. The largest absolute Gasteiger partial charge is 2.00 e. The van der Waals surface area contributed by atoms with Gasteiger partial charge in [-0.1, -0.05) is 37.6 Å². The predicted molar refractivity (Wildman–Crippen MR) is 130 cm³/mol. The molecule has 2 aromatic rings. The normalized spacial score (nSPS) is 10.5. The van der Waals surface area contributed by atoms with Crippen molar-refractivity contribution in [1.29, 1.82) is 0 Å². The van der Waals surface area contributed by atoms with Gasteiger partial charge in [-0.15, -0.1) is 12.1 Å². The number of para-hydroxylation sites is 2. The first-order chi connectivity index (χ1) is 16.5. The van der Waals surface area contributed by atoms with Crippen LogP contribution in [0.2, 0.25) is 0 Å². The van der Waals surface area contributed by atoms with Crippen molar-refractivity contribution in [3.05, 3.63) is 71.8 Å². The summed E-state index contributed by atoms with van der Waals surface area (Å²) in [5.74, 6) is -2.25. The third-order valence-corrected chi connectivity index (χ3v) is 4.35. The van der Waals surface area contributed by atoms with Crippen molar-refractivity contribution in [2.45, 2.75) is 51.9 Å². The molecule has 0 aliphatic carbocycles. The molecule has 0 aliphatic rings. The molecule has 208 valence electrons. The standard InChI is InChI=1S/C13H15F3O2.C7H7O.C6H7F3O.BrH.Mg/c1-12(2,8-11(17)13(14,15)16)9-6-4-5-7-10(9)18-3;1-8-7-5-3-2-4-6-7;1-4(2)3-5(10)6(7,8)9;;/h4-7H,8H2,1-3H3;2-5H,1H3;3H,1-2H3;1H;/q;-1;;;+2/p-1. The van der Waals surface area contributed by atoms with Gasteiger partial charge in [0.25, 0.3) is 5.78 Å². The summed E-state index contributed by atoms with van der Waals surface area (Å²) in [7, 11) is 3.08. The van der Waals surface area contributed by atoms with Gasteiger partial charge >= 0.3 is 35.4 Å². The van der Waals surface area contributed by atoms with Crippen molar-refractivity contribution >= 4 is 34.6 Å². The molecule has 0 saturated carbocycles. The van der Waals surface area contributed by atoms with Gasteiger partial charge in [0.05, 0.1) is 14.2 Å². The van der Waals surface area contributed by atoms with E-state index < -0.39 is 35.8 Å². The van der Waals surface area contributed by atoms with Gasteiger partial charge in [0, 0.05) is 23.1 Å². The number of Topliss-reactive ketones (excluding diaryl/α,β-unsaturated/α-hetero) is 1. The van der Waals surface area contributed by atoms with Crippen molar-refractivity contribution in [2.24, 2.45) is 0 Å². The molecule has 0 radical (unpaired) electrons. The molecule has 12 heteroatoms. The first-order valence-corrected chi connectivity index (χ1v) is 10.5. The number of allylic oxidation sites excluding steroid dienone is 2.